The first-order valence-corrected chi connectivity index (χ1v) is 47.4. The van der Waals surface area contributed by atoms with Crippen molar-refractivity contribution in [1.29, 1.82) is 5.26 Å². The van der Waals surface area contributed by atoms with Crippen molar-refractivity contribution >= 4 is 224 Å². The standard InChI is InChI=1S/C23H18ClN3O3.C22H16Cl3N3O2.C22H17Cl2N3O2.C19H15BrCl2N4.C19H14BrCl2N3.CHN/c24-18-13-11-16(12-14-18)20(28)23(30)26-19(15-7-3-1-4-8-15)22(29)27-21(25)17-9-5-2-6-10-17;23-16-9-6-13(7-10-16)19(22(30)28-20(26)14-4-2-1-3-5-14)27-21(29)15-8-11-17(24)18(25)12-15;23-17-11-9-14(10-12-17)19(26-21(28)16-7-4-8-18(24)13-16)22(29)27-20(25)15-5-2-1-3-6-15;20-13-6-9-17(24-11-13)18(12-4-2-1-3-5-12)26-19(23)25-14-7-8-15(21)16(22)10-14;20-14-7-9-17(24-11-14)18(12-4-2-1-3-5-12)25-19(23)13-6-8-15(21)16(22)10-13;1-2/h1-14,19H,(H,26,30)(H2,25,27,29);1-12,19H,(H,27,29)(H2,26,28,30);1-13,19H,(H,26,28)(H2,25,27,29);1-11,18H,(H3,23,25,26);1-11,18H,(H2,23,25);1H/t;;;2*18-;/m...00./s1. The van der Waals surface area contributed by atoms with Gasteiger partial charge in [0, 0.05) is 92.6 Å². The van der Waals surface area contributed by atoms with Crippen molar-refractivity contribution in [2.45, 2.75) is 30.2 Å². The molecule has 142 heavy (non-hydrogen) atoms. The molecular weight excluding hydrogens is 2140 g/mol. The molecule has 716 valence electrons. The summed E-state index contributed by atoms with van der Waals surface area (Å²) in [5.74, 6) is -3.90. The number of Topliss-reactive ketones (excluding diaryl/α,β-unsaturated/α-hetero) is 1. The molecule has 15 aromatic rings. The number of benzene rings is 13. The normalized spacial score (nSPS) is 12.3. The van der Waals surface area contributed by atoms with E-state index in [2.05, 4.69) is 89.6 Å². The second-order valence-electron chi connectivity index (χ2n) is 29.7. The number of amides is 6. The third-order valence-corrected chi connectivity index (χ3v) is 24.0. The molecule has 24 nitrogen and oxygen atoms in total. The van der Waals surface area contributed by atoms with E-state index >= 15 is 0 Å². The maximum Gasteiger partial charge on any atom is 0.293 e. The minimum Gasteiger partial charge on any atom is -0.383 e. The number of nitrogens with zero attached hydrogens (tertiary/aromatic N) is 8. The second-order valence-corrected chi connectivity index (χ2v) is 35.7. The van der Waals surface area contributed by atoms with Crippen molar-refractivity contribution < 1.29 is 33.6 Å². The van der Waals surface area contributed by atoms with Crippen molar-refractivity contribution in [2.75, 3.05) is 5.32 Å². The van der Waals surface area contributed by atoms with Crippen LogP contribution in [0.2, 0.25) is 50.2 Å². The average Bonchev–Trinajstić information content (AvgIpc) is 0.839. The number of carbonyl (C=O) groups excluding carboxylic acids is 7. The smallest absolute Gasteiger partial charge is 0.293 e. The van der Waals surface area contributed by atoms with Crippen LogP contribution in [0, 0.1) is 11.8 Å². The van der Waals surface area contributed by atoms with Gasteiger partial charge >= 0.3 is 0 Å². The number of halogens is 12. The third-order valence-electron chi connectivity index (χ3n) is 19.8. The highest BCUT2D eigenvalue weighted by atomic mass is 79.9. The number of guanidine groups is 1. The lowest BCUT2D eigenvalue weighted by Gasteiger charge is -2.17. The lowest BCUT2D eigenvalue weighted by molar-refractivity contribution is -0.125. The van der Waals surface area contributed by atoms with Crippen molar-refractivity contribution in [2.24, 2.45) is 53.6 Å². The first kappa shape index (κ1) is 110. The lowest BCUT2D eigenvalue weighted by atomic mass is 10.0. The van der Waals surface area contributed by atoms with E-state index in [4.69, 9.17) is 155 Å². The highest BCUT2D eigenvalue weighted by molar-refractivity contribution is 9.10. The highest BCUT2D eigenvalue weighted by Gasteiger charge is 2.30. The molecule has 0 saturated heterocycles. The molecule has 0 bridgehead atoms. The second kappa shape index (κ2) is 55.7. The zero-order chi connectivity index (χ0) is 102. The molecule has 36 heteroatoms. The van der Waals surface area contributed by atoms with Crippen LogP contribution in [0.3, 0.4) is 0 Å². The molecular formula is C106H81Br2Cl10N17O7. The van der Waals surface area contributed by atoms with Gasteiger partial charge in [-0.1, -0.05) is 328 Å². The summed E-state index contributed by atoms with van der Waals surface area (Å²) in [5.41, 5.74) is 39.3. The molecule has 2 heterocycles. The Bertz CT molecular complexity index is 7050. The van der Waals surface area contributed by atoms with Crippen molar-refractivity contribution in [3.8, 4) is 6.57 Å². The van der Waals surface area contributed by atoms with Gasteiger partial charge in [0.05, 0.1) is 41.5 Å². The van der Waals surface area contributed by atoms with Crippen LogP contribution in [-0.2, 0) is 19.2 Å². The summed E-state index contributed by atoms with van der Waals surface area (Å²) in [5, 5.41) is 21.6. The number of rotatable bonds is 24. The number of pyridine rings is 2. The number of hydrogen-bond acceptors (Lipinski definition) is 12. The molecule has 14 N–H and O–H groups in total. The number of aromatic nitrogens is 2. The average molecular weight is 2220 g/mol. The van der Waals surface area contributed by atoms with Crippen LogP contribution in [0.25, 0.3) is 0 Å². The molecule has 5 atom stereocenters. The molecule has 15 rings (SSSR count). The Morgan fingerprint density at radius 1 is 0.296 bits per heavy atom. The molecule has 0 spiro atoms. The van der Waals surface area contributed by atoms with Gasteiger partial charge in [-0.2, -0.15) is 15.0 Å². The van der Waals surface area contributed by atoms with E-state index in [1.165, 1.54) is 48.5 Å². The zero-order valence-electron chi connectivity index (χ0n) is 74.0. The Hall–Kier alpha value is -14.3. The number of amidine groups is 4. The SMILES string of the molecule is C#N.NC(=NC(=O)C(NC(=O)C(=O)c1ccc(Cl)cc1)c1ccccc1)c1ccccc1.NC(=NC(=O)C(NC(=O)c1ccc(Cl)c(Cl)c1)c1ccc(Cl)cc1)c1ccccc1.NC(=NC(=O)C(NC(=O)c1cccc(Cl)c1)c1ccc(Cl)cc1)c1ccccc1.NC(=N[C@@H](c1ccccc1)c1ccc(Br)cn1)Nc1ccc(Cl)c(Cl)c1.NC(=N[C@@H](c1ccccc1)c1ccc(Br)cn1)c1ccc(Cl)c(Cl)c1. The Kier molecular flexibility index (Phi) is 43.0. The summed E-state index contributed by atoms with van der Waals surface area (Å²) >= 11 is 66.4. The van der Waals surface area contributed by atoms with Crippen molar-refractivity contribution in [3.63, 3.8) is 0 Å². The van der Waals surface area contributed by atoms with E-state index in [-0.39, 0.29) is 51.7 Å². The van der Waals surface area contributed by atoms with E-state index in [0.29, 0.717) is 101 Å². The lowest BCUT2D eigenvalue weighted by Crippen LogP contribution is -2.38. The number of anilines is 1. The summed E-state index contributed by atoms with van der Waals surface area (Å²) in [6.45, 7) is 3.50. The molecule has 0 aliphatic heterocycles. The van der Waals surface area contributed by atoms with E-state index in [0.717, 1.165) is 31.5 Å². The highest BCUT2D eigenvalue weighted by Crippen LogP contribution is 2.33. The Morgan fingerprint density at radius 2 is 0.620 bits per heavy atom. The van der Waals surface area contributed by atoms with Crippen LogP contribution < -0.4 is 49.9 Å². The van der Waals surface area contributed by atoms with E-state index < -0.39 is 59.4 Å². The Labute approximate surface area is 884 Å². The molecule has 3 unspecified atom stereocenters. The number of aliphatic imine (C=N–C) groups is 5. The van der Waals surface area contributed by atoms with Crippen molar-refractivity contribution in [3.05, 3.63) is 508 Å². The number of hydrogen-bond donors (Lipinski definition) is 9. The van der Waals surface area contributed by atoms with E-state index in [1.807, 2.05) is 103 Å². The van der Waals surface area contributed by atoms with Crippen LogP contribution in [0.15, 0.2) is 404 Å². The van der Waals surface area contributed by atoms with Gasteiger partial charge in [0.25, 0.3) is 35.4 Å². The van der Waals surface area contributed by atoms with Crippen LogP contribution >= 0.6 is 148 Å². The van der Waals surface area contributed by atoms with Gasteiger partial charge in [0.2, 0.25) is 5.78 Å². The zero-order valence-corrected chi connectivity index (χ0v) is 84.8. The summed E-state index contributed by atoms with van der Waals surface area (Å²) < 4.78 is 1.81. The number of ketones is 1. The molecule has 0 saturated carbocycles. The number of carbonyl (C=O) groups is 7. The van der Waals surface area contributed by atoms with Gasteiger partial charge < -0.3 is 49.9 Å². The summed E-state index contributed by atoms with van der Waals surface area (Å²) in [6.07, 6.45) is 3.49. The van der Waals surface area contributed by atoms with Gasteiger partial charge in [-0.15, -0.1) is 0 Å². The molecule has 2 aromatic heterocycles. The van der Waals surface area contributed by atoms with Crippen LogP contribution in [0.4, 0.5) is 5.69 Å². The first-order chi connectivity index (χ1) is 68.3. The van der Waals surface area contributed by atoms with Crippen LogP contribution in [0.5, 0.6) is 0 Å². The fourth-order valence-corrected chi connectivity index (χ4v) is 14.7. The third kappa shape index (κ3) is 33.8. The molecule has 0 aliphatic rings. The Balaban J connectivity index is 0.000000182. The quantitative estimate of drug-likeness (QED) is 0.0117. The maximum atomic E-state index is 12.9. The fourth-order valence-electron chi connectivity index (χ4n) is 12.8. The predicted molar refractivity (Wildman–Crippen MR) is 577 cm³/mol. The summed E-state index contributed by atoms with van der Waals surface area (Å²) in [6, 6.07) is 98.8. The number of nitrogens with one attached hydrogen (secondary N) is 4. The number of nitriles is 1. The van der Waals surface area contributed by atoms with Crippen LogP contribution in [0.1, 0.15) is 123 Å². The molecule has 6 amide bonds. The maximum absolute atomic E-state index is 12.9. The van der Waals surface area contributed by atoms with E-state index in [1.54, 1.807) is 219 Å². The molecule has 0 aliphatic carbocycles. The minimum atomic E-state index is -1.17. The molecule has 0 radical (unpaired) electrons. The van der Waals surface area contributed by atoms with Gasteiger partial charge in [-0.25, -0.2) is 10.3 Å². The molecule has 0 fully saturated rings. The van der Waals surface area contributed by atoms with Gasteiger partial charge in [-0.05, 0) is 205 Å². The Morgan fingerprint density at radius 3 is 1.00 bits per heavy atom. The van der Waals surface area contributed by atoms with Gasteiger partial charge in [0.15, 0.2) is 5.96 Å². The fraction of sp³-hybridized carbons (Fsp3) is 0.0472. The largest absolute Gasteiger partial charge is 0.383 e. The first-order valence-electron chi connectivity index (χ1n) is 42.0. The van der Waals surface area contributed by atoms with Gasteiger partial charge in [-0.3, -0.25) is 48.5 Å². The minimum absolute atomic E-state index is 0.0137. The molecule has 13 aromatic carbocycles. The summed E-state index contributed by atoms with van der Waals surface area (Å²) in [7, 11) is 0. The van der Waals surface area contributed by atoms with Gasteiger partial charge in [0.1, 0.15) is 53.6 Å². The van der Waals surface area contributed by atoms with Crippen LogP contribution in [-0.4, -0.2) is 80.5 Å². The monoisotopic (exact) mass is 2210 g/mol. The topological polar surface area (TPSA) is 409 Å². The summed E-state index contributed by atoms with van der Waals surface area (Å²) in [4.78, 5) is 119. The predicted octanol–water partition coefficient (Wildman–Crippen LogP) is 24.2. The number of nitrogens with two attached hydrogens (primary N) is 5. The van der Waals surface area contributed by atoms with E-state index in [9.17, 15) is 33.6 Å². The van der Waals surface area contributed by atoms with Crippen molar-refractivity contribution in [1.82, 2.24) is 25.9 Å².